The average Bonchev–Trinajstić information content (AvgIpc) is 2.86. The first-order valence-corrected chi connectivity index (χ1v) is 8.36. The fourth-order valence-electron chi connectivity index (χ4n) is 3.00. The van der Waals surface area contributed by atoms with Crippen molar-refractivity contribution in [1.82, 2.24) is 20.1 Å². The molecule has 0 aliphatic carbocycles. The van der Waals surface area contributed by atoms with Crippen molar-refractivity contribution in [1.29, 1.82) is 0 Å². The zero-order chi connectivity index (χ0) is 14.8. The molecule has 0 fully saturated rings. The lowest BCUT2D eigenvalue weighted by Gasteiger charge is -2.27. The van der Waals surface area contributed by atoms with Crippen LogP contribution in [0.5, 0.6) is 0 Å². The Hall–Kier alpha value is -0.900. The predicted molar refractivity (Wildman–Crippen MR) is 84.8 cm³/mol. The number of aromatic nitrogens is 3. The van der Waals surface area contributed by atoms with E-state index >= 15 is 0 Å². The van der Waals surface area contributed by atoms with Gasteiger partial charge in [0, 0.05) is 19.0 Å². The Balaban J connectivity index is 2.75. The van der Waals surface area contributed by atoms with Crippen molar-refractivity contribution in [3.8, 4) is 0 Å². The van der Waals surface area contributed by atoms with Crippen LogP contribution in [0.2, 0.25) is 0 Å². The molecule has 1 aromatic heterocycles. The van der Waals surface area contributed by atoms with E-state index in [9.17, 15) is 0 Å². The second-order valence-corrected chi connectivity index (χ2v) is 5.61. The summed E-state index contributed by atoms with van der Waals surface area (Å²) in [4.78, 5) is 4.47. The van der Waals surface area contributed by atoms with Crippen molar-refractivity contribution in [2.75, 3.05) is 6.54 Å². The van der Waals surface area contributed by atoms with Gasteiger partial charge in [-0.3, -0.25) is 4.68 Å². The van der Waals surface area contributed by atoms with Gasteiger partial charge in [0.15, 0.2) is 0 Å². The number of aryl methyl sites for hydroxylation is 1. The molecule has 1 unspecified atom stereocenters. The van der Waals surface area contributed by atoms with Crippen LogP contribution in [0.1, 0.15) is 65.6 Å². The quantitative estimate of drug-likeness (QED) is 0.675. The second-order valence-electron chi connectivity index (χ2n) is 5.61. The number of nitrogens with one attached hydrogen (secondary N) is 1. The minimum atomic E-state index is 0.528. The molecule has 1 aromatic rings. The van der Waals surface area contributed by atoms with Crippen molar-refractivity contribution in [2.45, 2.75) is 78.8 Å². The summed E-state index contributed by atoms with van der Waals surface area (Å²) in [6.07, 6.45) is 8.92. The largest absolute Gasteiger partial charge is 0.314 e. The molecule has 0 amide bonds. The van der Waals surface area contributed by atoms with Gasteiger partial charge in [-0.05, 0) is 31.7 Å². The van der Waals surface area contributed by atoms with Crippen LogP contribution in [-0.4, -0.2) is 27.4 Å². The van der Waals surface area contributed by atoms with Crippen LogP contribution in [0.25, 0.3) is 0 Å². The van der Waals surface area contributed by atoms with Crippen molar-refractivity contribution in [3.63, 3.8) is 0 Å². The zero-order valence-electron chi connectivity index (χ0n) is 13.7. The first-order valence-electron chi connectivity index (χ1n) is 8.36. The van der Waals surface area contributed by atoms with Crippen LogP contribution in [0.3, 0.4) is 0 Å². The maximum atomic E-state index is 4.47. The highest BCUT2D eigenvalue weighted by Crippen LogP contribution is 2.20. The summed E-state index contributed by atoms with van der Waals surface area (Å²) in [5, 5.41) is 8.03. The summed E-state index contributed by atoms with van der Waals surface area (Å²) in [5.41, 5.74) is 0. The fraction of sp³-hybridized carbons (Fsp3) is 0.875. The lowest BCUT2D eigenvalue weighted by molar-refractivity contribution is 0.305. The average molecular weight is 280 g/mol. The van der Waals surface area contributed by atoms with E-state index in [1.165, 1.54) is 25.7 Å². The number of likely N-dealkylation sites (N-methyl/N-ethyl adjacent to an activating group) is 1. The fourth-order valence-corrected chi connectivity index (χ4v) is 3.00. The molecular weight excluding hydrogens is 248 g/mol. The summed E-state index contributed by atoms with van der Waals surface area (Å²) in [6, 6.07) is 0.528. The van der Waals surface area contributed by atoms with Crippen LogP contribution in [0.4, 0.5) is 0 Å². The lowest BCUT2D eigenvalue weighted by Crippen LogP contribution is -2.39. The normalized spacial score (nSPS) is 13.1. The van der Waals surface area contributed by atoms with E-state index < -0.39 is 0 Å². The monoisotopic (exact) mass is 280 g/mol. The number of hydrogen-bond donors (Lipinski definition) is 1. The Morgan fingerprint density at radius 1 is 1.10 bits per heavy atom. The molecule has 1 N–H and O–H groups in total. The van der Waals surface area contributed by atoms with Crippen molar-refractivity contribution in [2.24, 2.45) is 5.92 Å². The predicted octanol–water partition coefficient (Wildman–Crippen LogP) is 3.43. The Kier molecular flexibility index (Phi) is 8.51. The number of nitrogens with zero attached hydrogens (tertiary/aromatic N) is 3. The van der Waals surface area contributed by atoms with E-state index in [-0.39, 0.29) is 0 Å². The van der Waals surface area contributed by atoms with Gasteiger partial charge in [0.25, 0.3) is 0 Å². The highest BCUT2D eigenvalue weighted by Gasteiger charge is 2.21. The Morgan fingerprint density at radius 2 is 1.80 bits per heavy atom. The Morgan fingerprint density at radius 3 is 2.35 bits per heavy atom. The van der Waals surface area contributed by atoms with Gasteiger partial charge in [0.2, 0.25) is 0 Å². The number of rotatable bonds is 11. The molecule has 0 radical (unpaired) electrons. The maximum absolute atomic E-state index is 4.47. The smallest absolute Gasteiger partial charge is 0.138 e. The van der Waals surface area contributed by atoms with Crippen molar-refractivity contribution < 1.29 is 0 Å². The van der Waals surface area contributed by atoms with Crippen LogP contribution >= 0.6 is 0 Å². The summed E-state index contributed by atoms with van der Waals surface area (Å²) in [5.74, 6) is 1.88. The van der Waals surface area contributed by atoms with Gasteiger partial charge in [-0.1, -0.05) is 40.5 Å². The molecule has 0 aliphatic heterocycles. The highest BCUT2D eigenvalue weighted by molar-refractivity contribution is 4.92. The summed E-state index contributed by atoms with van der Waals surface area (Å²) in [6.45, 7) is 10.9. The first kappa shape index (κ1) is 17.2. The zero-order valence-corrected chi connectivity index (χ0v) is 13.7. The molecule has 20 heavy (non-hydrogen) atoms. The molecule has 0 spiro atoms. The molecule has 1 heterocycles. The molecular formula is C16H32N4. The third-order valence-corrected chi connectivity index (χ3v) is 3.89. The summed E-state index contributed by atoms with van der Waals surface area (Å²) < 4.78 is 2.07. The molecule has 1 rings (SSSR count). The van der Waals surface area contributed by atoms with Crippen molar-refractivity contribution in [3.05, 3.63) is 12.2 Å². The minimum absolute atomic E-state index is 0.528. The molecule has 0 bridgehead atoms. The van der Waals surface area contributed by atoms with E-state index in [0.29, 0.717) is 6.04 Å². The topological polar surface area (TPSA) is 42.7 Å². The van der Waals surface area contributed by atoms with Gasteiger partial charge in [-0.25, -0.2) is 4.98 Å². The van der Waals surface area contributed by atoms with Crippen LogP contribution in [0.15, 0.2) is 6.33 Å². The van der Waals surface area contributed by atoms with Crippen LogP contribution < -0.4 is 5.32 Å². The van der Waals surface area contributed by atoms with E-state index in [0.717, 1.165) is 37.7 Å². The SMILES string of the molecule is CCCC(CCC)C(Cc1ncnn1CCC)NCC. The molecule has 0 saturated carbocycles. The van der Waals surface area contributed by atoms with E-state index in [1.54, 1.807) is 6.33 Å². The van der Waals surface area contributed by atoms with Gasteiger partial charge in [0.05, 0.1) is 0 Å². The van der Waals surface area contributed by atoms with E-state index in [2.05, 4.69) is 47.8 Å². The Labute approximate surface area is 124 Å². The second kappa shape index (κ2) is 9.92. The standard InChI is InChI=1S/C16H32N4/c1-5-9-14(10-6-2)15(17-8-4)12-16-18-13-19-20(16)11-7-3/h13-15,17H,5-12H2,1-4H3. The molecule has 0 saturated heterocycles. The molecule has 4 nitrogen and oxygen atoms in total. The van der Waals surface area contributed by atoms with E-state index in [1.807, 2.05) is 0 Å². The van der Waals surface area contributed by atoms with E-state index in [4.69, 9.17) is 0 Å². The summed E-state index contributed by atoms with van der Waals surface area (Å²) in [7, 11) is 0. The van der Waals surface area contributed by atoms with Gasteiger partial charge < -0.3 is 5.32 Å². The Bertz CT molecular complexity index is 342. The van der Waals surface area contributed by atoms with Gasteiger partial charge in [-0.2, -0.15) is 5.10 Å². The molecule has 0 aliphatic rings. The first-order chi connectivity index (χ1) is 9.76. The molecule has 116 valence electrons. The third-order valence-electron chi connectivity index (χ3n) is 3.89. The van der Waals surface area contributed by atoms with Gasteiger partial charge in [-0.15, -0.1) is 0 Å². The van der Waals surface area contributed by atoms with Gasteiger partial charge >= 0.3 is 0 Å². The van der Waals surface area contributed by atoms with Gasteiger partial charge in [0.1, 0.15) is 12.2 Å². The van der Waals surface area contributed by atoms with Crippen LogP contribution in [-0.2, 0) is 13.0 Å². The molecule has 1 atom stereocenters. The molecule has 4 heteroatoms. The minimum Gasteiger partial charge on any atom is -0.314 e. The van der Waals surface area contributed by atoms with Crippen LogP contribution in [0, 0.1) is 5.92 Å². The molecule has 0 aromatic carbocycles. The maximum Gasteiger partial charge on any atom is 0.138 e. The lowest BCUT2D eigenvalue weighted by atomic mass is 9.88. The number of hydrogen-bond acceptors (Lipinski definition) is 3. The summed E-state index contributed by atoms with van der Waals surface area (Å²) >= 11 is 0. The third kappa shape index (κ3) is 5.23. The van der Waals surface area contributed by atoms with Crippen molar-refractivity contribution >= 4 is 0 Å². The highest BCUT2D eigenvalue weighted by atomic mass is 15.3.